The van der Waals surface area contributed by atoms with Gasteiger partial charge in [-0.3, -0.25) is 4.98 Å². The van der Waals surface area contributed by atoms with Gasteiger partial charge in [0.1, 0.15) is 5.69 Å². The molecule has 15 heavy (non-hydrogen) atoms. The molecule has 7 heteroatoms. The smallest absolute Gasteiger partial charge is 0.223 e. The molecule has 0 aromatic carbocycles. The van der Waals surface area contributed by atoms with Crippen LogP contribution in [0.3, 0.4) is 0 Å². The molecule has 2 rings (SSSR count). The van der Waals surface area contributed by atoms with Gasteiger partial charge in [0.05, 0.1) is 13.2 Å². The molecule has 0 aliphatic heterocycles. The molecule has 0 unspecified atom stereocenters. The van der Waals surface area contributed by atoms with Crippen molar-refractivity contribution in [3.63, 3.8) is 0 Å². The van der Waals surface area contributed by atoms with Crippen molar-refractivity contribution in [3.8, 4) is 11.5 Å². The summed E-state index contributed by atoms with van der Waals surface area (Å²) in [6, 6.07) is 3.65. The summed E-state index contributed by atoms with van der Waals surface area (Å²) >= 11 is 3.29. The van der Waals surface area contributed by atoms with Crippen molar-refractivity contribution in [2.75, 3.05) is 6.61 Å². The summed E-state index contributed by atoms with van der Waals surface area (Å²) in [5, 5.41) is 20.3. The predicted molar refractivity (Wildman–Crippen MR) is 55.8 cm³/mol. The molecule has 0 aliphatic carbocycles. The van der Waals surface area contributed by atoms with E-state index in [1.54, 1.807) is 12.3 Å². The molecular weight excluding hydrogens is 262 g/mol. The van der Waals surface area contributed by atoms with Crippen molar-refractivity contribution in [2.45, 2.75) is 6.54 Å². The monoisotopic (exact) mass is 269 g/mol. The number of pyridine rings is 1. The zero-order valence-corrected chi connectivity index (χ0v) is 9.29. The second-order valence-electron chi connectivity index (χ2n) is 2.79. The molecule has 2 aromatic rings. The van der Waals surface area contributed by atoms with E-state index in [9.17, 15) is 0 Å². The van der Waals surface area contributed by atoms with E-state index in [-0.39, 0.29) is 6.61 Å². The van der Waals surface area contributed by atoms with Gasteiger partial charge in [-0.2, -0.15) is 4.80 Å². The van der Waals surface area contributed by atoms with Gasteiger partial charge >= 0.3 is 0 Å². The van der Waals surface area contributed by atoms with Crippen molar-refractivity contribution in [1.29, 1.82) is 0 Å². The third-order valence-electron chi connectivity index (χ3n) is 1.71. The molecule has 0 fully saturated rings. The number of rotatable bonds is 3. The molecule has 0 saturated carbocycles. The number of hydrogen-bond donors (Lipinski definition) is 1. The number of nitrogens with zero attached hydrogens (tertiary/aromatic N) is 5. The SMILES string of the molecule is OCCn1nnc(-c2ccc(Br)cn2)n1. The van der Waals surface area contributed by atoms with Crippen LogP contribution in [0.1, 0.15) is 0 Å². The van der Waals surface area contributed by atoms with Gasteiger partial charge in [-0.1, -0.05) is 0 Å². The van der Waals surface area contributed by atoms with Gasteiger partial charge in [-0.15, -0.1) is 10.2 Å². The number of aliphatic hydroxyl groups excluding tert-OH is 1. The van der Waals surface area contributed by atoms with Crippen molar-refractivity contribution < 1.29 is 5.11 Å². The summed E-state index contributed by atoms with van der Waals surface area (Å²) in [5.41, 5.74) is 0.655. The van der Waals surface area contributed by atoms with Crippen LogP contribution in [0.4, 0.5) is 0 Å². The lowest BCUT2D eigenvalue weighted by Crippen LogP contribution is -2.05. The number of tetrazole rings is 1. The Labute approximate surface area is 94.1 Å². The molecule has 0 bridgehead atoms. The fourth-order valence-corrected chi connectivity index (χ4v) is 1.27. The van der Waals surface area contributed by atoms with E-state index in [4.69, 9.17) is 5.11 Å². The average molecular weight is 270 g/mol. The summed E-state index contributed by atoms with van der Waals surface area (Å²) in [6.07, 6.45) is 1.67. The van der Waals surface area contributed by atoms with E-state index >= 15 is 0 Å². The Kier molecular flexibility index (Phi) is 3.02. The third kappa shape index (κ3) is 2.37. The molecule has 0 atom stereocenters. The normalized spacial score (nSPS) is 10.5. The summed E-state index contributed by atoms with van der Waals surface area (Å²) in [6.45, 7) is 0.326. The van der Waals surface area contributed by atoms with E-state index in [0.717, 1.165) is 4.47 Å². The second-order valence-corrected chi connectivity index (χ2v) is 3.71. The van der Waals surface area contributed by atoms with E-state index in [0.29, 0.717) is 18.1 Å². The van der Waals surface area contributed by atoms with Crippen LogP contribution in [0.2, 0.25) is 0 Å². The fraction of sp³-hybridized carbons (Fsp3) is 0.250. The van der Waals surface area contributed by atoms with Gasteiger partial charge in [-0.05, 0) is 33.3 Å². The zero-order valence-electron chi connectivity index (χ0n) is 7.71. The highest BCUT2D eigenvalue weighted by molar-refractivity contribution is 9.10. The molecule has 6 nitrogen and oxygen atoms in total. The van der Waals surface area contributed by atoms with Crippen LogP contribution in [-0.2, 0) is 6.54 Å². The first-order chi connectivity index (χ1) is 7.29. The molecule has 78 valence electrons. The molecule has 0 amide bonds. The van der Waals surface area contributed by atoms with Gasteiger partial charge in [-0.25, -0.2) is 0 Å². The molecular formula is C8H8BrN5O. The Bertz CT molecular complexity index is 441. The van der Waals surface area contributed by atoms with Crippen molar-refractivity contribution in [2.24, 2.45) is 0 Å². The maximum Gasteiger partial charge on any atom is 0.223 e. The number of halogens is 1. The highest BCUT2D eigenvalue weighted by Gasteiger charge is 2.06. The van der Waals surface area contributed by atoms with Crippen LogP contribution in [0.5, 0.6) is 0 Å². The van der Waals surface area contributed by atoms with Gasteiger partial charge in [0.25, 0.3) is 0 Å². The summed E-state index contributed by atoms with van der Waals surface area (Å²) in [4.78, 5) is 5.47. The van der Waals surface area contributed by atoms with E-state index in [1.165, 1.54) is 4.80 Å². The van der Waals surface area contributed by atoms with E-state index < -0.39 is 0 Å². The van der Waals surface area contributed by atoms with E-state index in [2.05, 4.69) is 36.3 Å². The van der Waals surface area contributed by atoms with Crippen LogP contribution in [0.15, 0.2) is 22.8 Å². The van der Waals surface area contributed by atoms with Gasteiger partial charge in [0.15, 0.2) is 0 Å². The van der Waals surface area contributed by atoms with Crippen LogP contribution < -0.4 is 0 Å². The Morgan fingerprint density at radius 2 is 2.27 bits per heavy atom. The minimum atomic E-state index is -0.0104. The predicted octanol–water partition coefficient (Wildman–Crippen LogP) is 0.490. The molecule has 0 saturated heterocycles. The molecule has 1 N–H and O–H groups in total. The number of hydrogen-bond acceptors (Lipinski definition) is 5. The second kappa shape index (κ2) is 4.45. The fourth-order valence-electron chi connectivity index (χ4n) is 1.04. The van der Waals surface area contributed by atoms with Crippen LogP contribution in [0.25, 0.3) is 11.5 Å². The number of aromatic nitrogens is 5. The lowest BCUT2D eigenvalue weighted by Gasteiger charge is -1.93. The maximum absolute atomic E-state index is 8.69. The molecule has 2 aromatic heterocycles. The topological polar surface area (TPSA) is 76.7 Å². The van der Waals surface area contributed by atoms with Crippen LogP contribution >= 0.6 is 15.9 Å². The quantitative estimate of drug-likeness (QED) is 0.878. The minimum Gasteiger partial charge on any atom is -0.394 e. The van der Waals surface area contributed by atoms with Crippen molar-refractivity contribution in [3.05, 3.63) is 22.8 Å². The van der Waals surface area contributed by atoms with Crippen molar-refractivity contribution in [1.82, 2.24) is 25.2 Å². The van der Waals surface area contributed by atoms with Gasteiger partial charge in [0.2, 0.25) is 5.82 Å². The lowest BCUT2D eigenvalue weighted by atomic mass is 10.3. The Hall–Kier alpha value is -1.34. The first-order valence-electron chi connectivity index (χ1n) is 4.30. The average Bonchev–Trinajstić information content (AvgIpc) is 2.68. The van der Waals surface area contributed by atoms with Crippen molar-refractivity contribution >= 4 is 15.9 Å². The van der Waals surface area contributed by atoms with Crippen LogP contribution in [0, 0.1) is 0 Å². The van der Waals surface area contributed by atoms with E-state index in [1.807, 2.05) is 6.07 Å². The largest absolute Gasteiger partial charge is 0.394 e. The summed E-state index contributed by atoms with van der Waals surface area (Å²) in [7, 11) is 0. The Morgan fingerprint density at radius 3 is 2.93 bits per heavy atom. The van der Waals surface area contributed by atoms with Gasteiger partial charge < -0.3 is 5.11 Å². The minimum absolute atomic E-state index is 0.0104. The third-order valence-corrected chi connectivity index (χ3v) is 2.18. The van der Waals surface area contributed by atoms with Gasteiger partial charge in [0, 0.05) is 10.7 Å². The highest BCUT2D eigenvalue weighted by Crippen LogP contribution is 2.13. The highest BCUT2D eigenvalue weighted by atomic mass is 79.9. The molecule has 0 aliphatic rings. The molecule has 0 spiro atoms. The zero-order chi connectivity index (χ0) is 10.7. The standard InChI is InChI=1S/C8H8BrN5O/c9-6-1-2-7(10-5-6)8-11-13-14(12-8)3-4-15/h1-2,5,15H,3-4H2. The summed E-state index contributed by atoms with van der Waals surface area (Å²) < 4.78 is 0.897. The first kappa shape index (κ1) is 10.2. The summed E-state index contributed by atoms with van der Waals surface area (Å²) in [5.74, 6) is 0.455. The Morgan fingerprint density at radius 1 is 1.40 bits per heavy atom. The lowest BCUT2D eigenvalue weighted by molar-refractivity contribution is 0.259. The Balaban J connectivity index is 2.25. The first-order valence-corrected chi connectivity index (χ1v) is 5.09. The van der Waals surface area contributed by atoms with Crippen LogP contribution in [-0.4, -0.2) is 36.9 Å². The number of aliphatic hydroxyl groups is 1. The maximum atomic E-state index is 8.69. The molecule has 2 heterocycles. The molecule has 0 radical (unpaired) electrons.